The second-order valence-corrected chi connectivity index (χ2v) is 6.47. The number of aryl methyl sites for hydroxylation is 3. The Hall–Kier alpha value is -2.10. The number of oxime groups is 1. The molecule has 0 spiro atoms. The van der Waals surface area contributed by atoms with E-state index in [-0.39, 0.29) is 17.5 Å². The maximum atomic E-state index is 12.7. The average Bonchev–Trinajstić information content (AvgIpc) is 2.48. The van der Waals surface area contributed by atoms with E-state index in [1.165, 1.54) is 22.3 Å². The minimum Gasteiger partial charge on any atom is -0.511 e. The molecule has 0 amide bonds. The van der Waals surface area contributed by atoms with Gasteiger partial charge in [-0.25, -0.2) is 0 Å². The third-order valence-electron chi connectivity index (χ3n) is 4.51. The van der Waals surface area contributed by atoms with Crippen LogP contribution in [-0.4, -0.2) is 23.2 Å². The highest BCUT2D eigenvalue weighted by atomic mass is 16.6. The molecule has 0 saturated carbocycles. The summed E-state index contributed by atoms with van der Waals surface area (Å²) in [4.78, 5) is 17.8. The van der Waals surface area contributed by atoms with E-state index in [1.54, 1.807) is 0 Å². The molecule has 1 aliphatic carbocycles. The molecule has 0 fully saturated rings. The van der Waals surface area contributed by atoms with Gasteiger partial charge in [0.05, 0.1) is 11.3 Å². The number of aliphatic hydroxyl groups excluding tert-OH is 1. The highest BCUT2D eigenvalue weighted by molar-refractivity contribution is 6.23. The average molecular weight is 329 g/mol. The van der Waals surface area contributed by atoms with Crippen LogP contribution >= 0.6 is 0 Å². The van der Waals surface area contributed by atoms with Crippen molar-refractivity contribution in [2.45, 2.75) is 59.8 Å². The van der Waals surface area contributed by atoms with E-state index in [0.29, 0.717) is 37.2 Å². The van der Waals surface area contributed by atoms with Crippen LogP contribution < -0.4 is 0 Å². The number of nitrogens with zero attached hydrogens (tertiary/aromatic N) is 1. The Bertz CT molecular complexity index is 678. The number of allylic oxidation sites excluding steroid dienone is 2. The number of hydrogen-bond acceptors (Lipinski definition) is 4. The van der Waals surface area contributed by atoms with Crippen molar-refractivity contribution in [1.82, 2.24) is 0 Å². The summed E-state index contributed by atoms with van der Waals surface area (Å²) in [6.45, 7) is 10.4. The van der Waals surface area contributed by atoms with Gasteiger partial charge in [-0.15, -0.1) is 0 Å². The molecule has 4 heteroatoms. The summed E-state index contributed by atoms with van der Waals surface area (Å²) in [5.74, 6) is 0.103. The van der Waals surface area contributed by atoms with Crippen LogP contribution in [0.4, 0.5) is 0 Å². The molecular weight excluding hydrogens is 302 g/mol. The van der Waals surface area contributed by atoms with Gasteiger partial charge in [0, 0.05) is 12.8 Å². The number of rotatable bonds is 5. The summed E-state index contributed by atoms with van der Waals surface area (Å²) in [5, 5.41) is 14.5. The molecule has 0 aliphatic heterocycles. The SMILES string of the molecule is CCON=C(CC)C1=C(O)C[C@H](c2c(C)cc(C)cc2C)CC1=O. The Balaban J connectivity index is 2.38. The van der Waals surface area contributed by atoms with Crippen LogP contribution in [0.2, 0.25) is 0 Å². The maximum Gasteiger partial charge on any atom is 0.168 e. The van der Waals surface area contributed by atoms with Crippen LogP contribution in [0.15, 0.2) is 28.6 Å². The third kappa shape index (κ3) is 3.69. The minimum absolute atomic E-state index is 0.0204. The summed E-state index contributed by atoms with van der Waals surface area (Å²) in [6.07, 6.45) is 1.42. The highest BCUT2D eigenvalue weighted by Gasteiger charge is 2.32. The van der Waals surface area contributed by atoms with Gasteiger partial charge in [-0.1, -0.05) is 29.8 Å². The standard InChI is InChI=1S/C20H27NO3/c1-6-16(21-24-7-2)20-17(22)10-15(11-18(20)23)19-13(4)8-12(3)9-14(19)5/h8-9,15,22H,6-7,10-11H2,1-5H3/t15-/m0/s1. The van der Waals surface area contributed by atoms with Gasteiger partial charge in [-0.05, 0) is 56.7 Å². The quantitative estimate of drug-likeness (QED) is 0.630. The fourth-order valence-corrected chi connectivity index (χ4v) is 3.69. The largest absolute Gasteiger partial charge is 0.511 e. The first-order valence-electron chi connectivity index (χ1n) is 8.61. The molecule has 1 N–H and O–H groups in total. The van der Waals surface area contributed by atoms with Crippen molar-refractivity contribution in [2.75, 3.05) is 6.61 Å². The molecule has 0 heterocycles. The number of benzene rings is 1. The summed E-state index contributed by atoms with van der Waals surface area (Å²) >= 11 is 0. The molecule has 2 rings (SSSR count). The van der Waals surface area contributed by atoms with E-state index in [2.05, 4.69) is 38.1 Å². The van der Waals surface area contributed by atoms with Gasteiger partial charge >= 0.3 is 0 Å². The normalized spacial score (nSPS) is 19.0. The van der Waals surface area contributed by atoms with Crippen molar-refractivity contribution in [3.8, 4) is 0 Å². The Kier molecular flexibility index (Phi) is 5.81. The predicted octanol–water partition coefficient (Wildman–Crippen LogP) is 4.67. The molecule has 4 nitrogen and oxygen atoms in total. The molecule has 24 heavy (non-hydrogen) atoms. The lowest BCUT2D eigenvalue weighted by atomic mass is 9.78. The van der Waals surface area contributed by atoms with Crippen molar-refractivity contribution in [2.24, 2.45) is 5.16 Å². The Morgan fingerprint density at radius 3 is 2.33 bits per heavy atom. The van der Waals surface area contributed by atoms with Crippen molar-refractivity contribution in [1.29, 1.82) is 0 Å². The zero-order chi connectivity index (χ0) is 17.9. The summed E-state index contributed by atoms with van der Waals surface area (Å²) in [5.41, 5.74) is 5.65. The lowest BCUT2D eigenvalue weighted by Crippen LogP contribution is -2.24. The van der Waals surface area contributed by atoms with Gasteiger partial charge in [0.25, 0.3) is 0 Å². The van der Waals surface area contributed by atoms with Crippen molar-refractivity contribution < 1.29 is 14.7 Å². The van der Waals surface area contributed by atoms with Crippen LogP contribution in [0.1, 0.15) is 61.3 Å². The molecule has 1 atom stereocenters. The second-order valence-electron chi connectivity index (χ2n) is 6.47. The molecule has 0 aromatic heterocycles. The number of hydrogen-bond donors (Lipinski definition) is 1. The van der Waals surface area contributed by atoms with Crippen molar-refractivity contribution in [3.63, 3.8) is 0 Å². The maximum absolute atomic E-state index is 12.7. The molecule has 0 saturated heterocycles. The molecule has 1 aromatic rings. The van der Waals surface area contributed by atoms with Crippen molar-refractivity contribution in [3.05, 3.63) is 45.7 Å². The second kappa shape index (κ2) is 7.65. The number of carbonyl (C=O) groups is 1. The zero-order valence-corrected chi connectivity index (χ0v) is 15.3. The molecule has 0 bridgehead atoms. The van der Waals surface area contributed by atoms with Crippen LogP contribution in [0.5, 0.6) is 0 Å². The topological polar surface area (TPSA) is 58.9 Å². The Labute approximate surface area is 144 Å². The van der Waals surface area contributed by atoms with E-state index in [9.17, 15) is 9.90 Å². The van der Waals surface area contributed by atoms with Gasteiger partial charge in [0.2, 0.25) is 0 Å². The third-order valence-corrected chi connectivity index (χ3v) is 4.51. The van der Waals surface area contributed by atoms with Crippen LogP contribution in [0.25, 0.3) is 0 Å². The van der Waals surface area contributed by atoms with E-state index >= 15 is 0 Å². The van der Waals surface area contributed by atoms with Gasteiger partial charge in [-0.2, -0.15) is 0 Å². The highest BCUT2D eigenvalue weighted by Crippen LogP contribution is 2.37. The van der Waals surface area contributed by atoms with Crippen LogP contribution in [-0.2, 0) is 9.63 Å². The van der Waals surface area contributed by atoms with Crippen molar-refractivity contribution >= 4 is 11.5 Å². The first kappa shape index (κ1) is 18.2. The van der Waals surface area contributed by atoms with E-state index in [0.717, 1.165) is 0 Å². The molecule has 130 valence electrons. The summed E-state index contributed by atoms with van der Waals surface area (Å²) in [7, 11) is 0. The Morgan fingerprint density at radius 1 is 1.21 bits per heavy atom. The van der Waals surface area contributed by atoms with Crippen LogP contribution in [0.3, 0.4) is 0 Å². The molecule has 1 aromatic carbocycles. The summed E-state index contributed by atoms with van der Waals surface area (Å²) in [6, 6.07) is 4.27. The molecule has 1 aliphatic rings. The van der Waals surface area contributed by atoms with E-state index < -0.39 is 0 Å². The Morgan fingerprint density at radius 2 is 1.83 bits per heavy atom. The zero-order valence-electron chi connectivity index (χ0n) is 15.3. The number of aliphatic hydroxyl groups is 1. The number of Topliss-reactive ketones (excluding diaryl/α,β-unsaturated/α-hetero) is 1. The first-order valence-corrected chi connectivity index (χ1v) is 8.61. The first-order chi connectivity index (χ1) is 11.4. The lowest BCUT2D eigenvalue weighted by molar-refractivity contribution is -0.116. The van der Waals surface area contributed by atoms with Gasteiger partial charge in [0.15, 0.2) is 5.78 Å². The molecule has 0 unspecified atom stereocenters. The lowest BCUT2D eigenvalue weighted by Gasteiger charge is -2.27. The molecule has 0 radical (unpaired) electrons. The fraction of sp³-hybridized carbons (Fsp3) is 0.500. The summed E-state index contributed by atoms with van der Waals surface area (Å²) < 4.78 is 0. The number of carbonyl (C=O) groups excluding carboxylic acids is 1. The fourth-order valence-electron chi connectivity index (χ4n) is 3.69. The van der Waals surface area contributed by atoms with Gasteiger partial charge in [0.1, 0.15) is 12.4 Å². The van der Waals surface area contributed by atoms with Crippen LogP contribution in [0, 0.1) is 20.8 Å². The monoisotopic (exact) mass is 329 g/mol. The van der Waals surface area contributed by atoms with E-state index in [4.69, 9.17) is 4.84 Å². The van der Waals surface area contributed by atoms with Gasteiger partial charge in [-0.3, -0.25) is 4.79 Å². The van der Waals surface area contributed by atoms with Gasteiger partial charge < -0.3 is 9.94 Å². The smallest absolute Gasteiger partial charge is 0.168 e. The predicted molar refractivity (Wildman–Crippen MR) is 96.6 cm³/mol. The van der Waals surface area contributed by atoms with E-state index in [1.807, 2.05) is 13.8 Å². The molecular formula is C20H27NO3. The number of ketones is 1. The minimum atomic E-state index is -0.0524.